The Bertz CT molecular complexity index is 1100. The zero-order valence-corrected chi connectivity index (χ0v) is 12.7. The fourth-order valence-corrected chi connectivity index (χ4v) is 2.84. The number of aromatic nitrogens is 4. The number of imidazole rings is 1. The Morgan fingerprint density at radius 2 is 2.13 bits per heavy atom. The number of nitrogens with one attached hydrogen (secondary N) is 1. The van der Waals surface area contributed by atoms with Crippen molar-refractivity contribution in [3.63, 3.8) is 0 Å². The van der Waals surface area contributed by atoms with Crippen molar-refractivity contribution in [1.29, 1.82) is 0 Å². The summed E-state index contributed by atoms with van der Waals surface area (Å²) < 4.78 is 6.90. The van der Waals surface area contributed by atoms with E-state index in [-0.39, 0.29) is 5.69 Å². The molecule has 0 unspecified atom stereocenters. The van der Waals surface area contributed by atoms with Gasteiger partial charge in [-0.25, -0.2) is 9.78 Å². The van der Waals surface area contributed by atoms with Crippen molar-refractivity contribution in [2.75, 3.05) is 7.11 Å². The van der Waals surface area contributed by atoms with Gasteiger partial charge in [-0.2, -0.15) is 0 Å². The van der Waals surface area contributed by atoms with Gasteiger partial charge >= 0.3 is 5.69 Å². The van der Waals surface area contributed by atoms with Crippen molar-refractivity contribution in [3.8, 4) is 11.6 Å². The van der Waals surface area contributed by atoms with Crippen LogP contribution < -0.4 is 15.9 Å². The number of benzene rings is 1. The summed E-state index contributed by atoms with van der Waals surface area (Å²) in [7, 11) is 3.55. The van der Waals surface area contributed by atoms with Crippen molar-refractivity contribution in [2.24, 2.45) is 0 Å². The van der Waals surface area contributed by atoms with Crippen molar-refractivity contribution >= 4 is 35.2 Å². The normalized spacial score (nSPS) is 11.2. The molecule has 23 heavy (non-hydrogen) atoms. The standard InChI is InChI=1S/C16H13BN4O2/c1-23-15-13(3-2-6-18-15)21-14-10-7-9(17)4-5-11(10)19-8-12(14)20-16(21)22/h2-8H,17H2,1H3,(H,20,22). The quantitative estimate of drug-likeness (QED) is 0.548. The molecule has 4 rings (SSSR count). The number of nitrogens with zero attached hydrogens (tertiary/aromatic N) is 3. The van der Waals surface area contributed by atoms with E-state index >= 15 is 0 Å². The van der Waals surface area contributed by atoms with Crippen molar-refractivity contribution in [2.45, 2.75) is 0 Å². The zero-order valence-electron chi connectivity index (χ0n) is 12.7. The van der Waals surface area contributed by atoms with Crippen molar-refractivity contribution in [3.05, 3.63) is 53.2 Å². The van der Waals surface area contributed by atoms with Gasteiger partial charge in [0.25, 0.3) is 0 Å². The predicted octanol–water partition coefficient (Wildman–Crippen LogP) is 0.529. The number of ether oxygens (including phenoxy) is 1. The second kappa shape index (κ2) is 4.98. The largest absolute Gasteiger partial charge is 0.479 e. The maximum atomic E-state index is 12.5. The van der Waals surface area contributed by atoms with Crippen LogP contribution in [0.3, 0.4) is 0 Å². The van der Waals surface area contributed by atoms with Gasteiger partial charge in [0, 0.05) is 11.6 Å². The third-order valence-electron chi connectivity index (χ3n) is 3.85. The van der Waals surface area contributed by atoms with Gasteiger partial charge in [-0.15, -0.1) is 0 Å². The lowest BCUT2D eigenvalue weighted by atomic mass is 9.94. The van der Waals surface area contributed by atoms with Crippen LogP contribution in [0.2, 0.25) is 0 Å². The summed E-state index contributed by atoms with van der Waals surface area (Å²) in [6.45, 7) is 0. The third kappa shape index (κ3) is 2.01. The summed E-state index contributed by atoms with van der Waals surface area (Å²) in [6.07, 6.45) is 3.31. The number of methoxy groups -OCH3 is 1. The molecule has 0 aliphatic heterocycles. The first-order valence-electron chi connectivity index (χ1n) is 7.18. The molecule has 0 saturated heterocycles. The maximum Gasteiger partial charge on any atom is 0.331 e. The number of rotatable bonds is 2. The molecular weight excluding hydrogens is 291 g/mol. The number of aromatic amines is 1. The molecule has 0 aliphatic carbocycles. The Hall–Kier alpha value is -3.09. The van der Waals surface area contributed by atoms with E-state index in [0.717, 1.165) is 21.9 Å². The Kier molecular flexibility index (Phi) is 2.94. The minimum atomic E-state index is -0.248. The van der Waals surface area contributed by atoms with E-state index in [2.05, 4.69) is 15.0 Å². The minimum Gasteiger partial charge on any atom is -0.479 e. The molecule has 0 spiro atoms. The average Bonchev–Trinajstić information content (AvgIpc) is 2.91. The Morgan fingerprint density at radius 3 is 2.96 bits per heavy atom. The first-order chi connectivity index (χ1) is 11.2. The summed E-state index contributed by atoms with van der Waals surface area (Å²) >= 11 is 0. The molecule has 0 saturated carbocycles. The summed E-state index contributed by atoms with van der Waals surface area (Å²) in [6, 6.07) is 9.56. The number of H-pyrrole nitrogens is 1. The molecule has 112 valence electrons. The predicted molar refractivity (Wildman–Crippen MR) is 91.7 cm³/mol. The summed E-state index contributed by atoms with van der Waals surface area (Å²) in [5, 5.41) is 0.909. The van der Waals surface area contributed by atoms with Crippen LogP contribution in [0, 0.1) is 0 Å². The lowest BCUT2D eigenvalue weighted by molar-refractivity contribution is 0.396. The van der Waals surface area contributed by atoms with E-state index in [9.17, 15) is 4.79 Å². The van der Waals surface area contributed by atoms with Gasteiger partial charge < -0.3 is 9.72 Å². The van der Waals surface area contributed by atoms with Gasteiger partial charge in [-0.05, 0) is 18.2 Å². The second-order valence-electron chi connectivity index (χ2n) is 5.34. The molecule has 1 N–H and O–H groups in total. The molecule has 0 fully saturated rings. The van der Waals surface area contributed by atoms with Gasteiger partial charge in [0.2, 0.25) is 5.88 Å². The number of hydrogen-bond donors (Lipinski definition) is 1. The van der Waals surface area contributed by atoms with E-state index in [1.54, 1.807) is 23.0 Å². The second-order valence-corrected chi connectivity index (χ2v) is 5.34. The van der Waals surface area contributed by atoms with Crippen molar-refractivity contribution < 1.29 is 4.74 Å². The average molecular weight is 304 g/mol. The van der Waals surface area contributed by atoms with Crippen LogP contribution in [-0.2, 0) is 0 Å². The van der Waals surface area contributed by atoms with Gasteiger partial charge in [0.05, 0.1) is 29.9 Å². The molecule has 3 aromatic heterocycles. The Balaban J connectivity index is 2.20. The smallest absolute Gasteiger partial charge is 0.331 e. The Labute approximate surface area is 132 Å². The number of hydrogen-bond acceptors (Lipinski definition) is 4. The molecule has 7 heteroatoms. The molecule has 0 bridgehead atoms. The van der Waals surface area contributed by atoms with Crippen LogP contribution in [0.1, 0.15) is 0 Å². The van der Waals surface area contributed by atoms with E-state index in [4.69, 9.17) is 4.74 Å². The first kappa shape index (κ1) is 13.6. The molecule has 0 radical (unpaired) electrons. The molecule has 3 heterocycles. The summed E-state index contributed by atoms with van der Waals surface area (Å²) in [5.74, 6) is 0.396. The highest BCUT2D eigenvalue weighted by Gasteiger charge is 2.16. The zero-order chi connectivity index (χ0) is 16.0. The fraction of sp³-hybridized carbons (Fsp3) is 0.0625. The van der Waals surface area contributed by atoms with E-state index in [1.165, 1.54) is 7.11 Å². The first-order valence-corrected chi connectivity index (χ1v) is 7.18. The van der Waals surface area contributed by atoms with Crippen LogP contribution in [0.4, 0.5) is 0 Å². The maximum absolute atomic E-state index is 12.5. The van der Waals surface area contributed by atoms with Crippen LogP contribution in [0.5, 0.6) is 5.88 Å². The highest BCUT2D eigenvalue weighted by molar-refractivity contribution is 6.33. The van der Waals surface area contributed by atoms with E-state index < -0.39 is 0 Å². The third-order valence-corrected chi connectivity index (χ3v) is 3.85. The van der Waals surface area contributed by atoms with Crippen molar-refractivity contribution in [1.82, 2.24) is 19.5 Å². The number of pyridine rings is 2. The summed E-state index contributed by atoms with van der Waals surface area (Å²) in [4.78, 5) is 24.0. The van der Waals surface area contributed by atoms with E-state index in [1.807, 2.05) is 32.1 Å². The van der Waals surface area contributed by atoms with Gasteiger partial charge in [0.15, 0.2) is 0 Å². The van der Waals surface area contributed by atoms with Crippen LogP contribution in [0.15, 0.2) is 47.5 Å². The van der Waals surface area contributed by atoms with Gasteiger partial charge in [0.1, 0.15) is 13.5 Å². The molecule has 6 nitrogen and oxygen atoms in total. The SMILES string of the molecule is Bc1ccc2ncc3[nH]c(=O)n(-c4cccnc4OC)c3c2c1. The van der Waals surface area contributed by atoms with Crippen LogP contribution in [-0.4, -0.2) is 34.5 Å². The van der Waals surface area contributed by atoms with Crippen LogP contribution in [0.25, 0.3) is 27.6 Å². The summed E-state index contributed by atoms with van der Waals surface area (Å²) in [5.41, 5.74) is 3.74. The molecule has 0 aliphatic rings. The molecule has 0 amide bonds. The van der Waals surface area contributed by atoms with E-state index in [0.29, 0.717) is 17.1 Å². The highest BCUT2D eigenvalue weighted by atomic mass is 16.5. The molecule has 1 aromatic carbocycles. The lowest BCUT2D eigenvalue weighted by Crippen LogP contribution is -2.16. The molecule has 0 atom stereocenters. The molecule has 4 aromatic rings. The molecular formula is C16H13BN4O2. The monoisotopic (exact) mass is 304 g/mol. The van der Waals surface area contributed by atoms with Gasteiger partial charge in [-0.1, -0.05) is 17.6 Å². The lowest BCUT2D eigenvalue weighted by Gasteiger charge is -2.09. The highest BCUT2D eigenvalue weighted by Crippen LogP contribution is 2.26. The Morgan fingerprint density at radius 1 is 1.26 bits per heavy atom. The van der Waals surface area contributed by atoms with Gasteiger partial charge in [-0.3, -0.25) is 9.55 Å². The minimum absolute atomic E-state index is 0.248. The van der Waals surface area contributed by atoms with Crippen LogP contribution >= 0.6 is 0 Å². The topological polar surface area (TPSA) is 72.8 Å². The number of fused-ring (bicyclic) bond motifs is 3. The fourth-order valence-electron chi connectivity index (χ4n) is 2.84.